The zero-order valence-corrected chi connectivity index (χ0v) is 69.7. The standard InChI is InChI=1S/C84H164O17P2/c1-9-77(8)63-55-47-38-34-35-41-51-59-67-84(89)101-79(70-94-81(86)64-56-48-39-32-28-24-20-16-12-10-14-18-22-26-30-36-44-52-60-74(2)3)72-98-102(90,91)96-68-78(85)69-97-103(92,93)99-73-80(71-95-82(87)65-57-49-43-42-46-54-62-76(6)7)100-83(88)66-58-50-40-33-29-25-21-17-13-11-15-19-23-27-31-37-45-53-61-75(4)5/h74-80,85H,9-73H2,1-8H3,(H,90,91)(H,92,93)/t77?,78?,79-,80-/m1/s1. The molecule has 0 radical (unpaired) electrons. The van der Waals surface area contributed by atoms with Gasteiger partial charge in [-0.05, 0) is 49.4 Å². The Labute approximate surface area is 632 Å². The molecule has 0 amide bonds. The number of ether oxygens (including phenoxy) is 4. The lowest BCUT2D eigenvalue weighted by atomic mass is 9.99. The number of aliphatic hydroxyl groups is 1. The van der Waals surface area contributed by atoms with E-state index in [0.717, 1.165) is 114 Å². The molecule has 0 aliphatic heterocycles. The fourth-order valence-electron chi connectivity index (χ4n) is 12.9. The van der Waals surface area contributed by atoms with Crippen LogP contribution in [0.15, 0.2) is 0 Å². The number of carbonyl (C=O) groups excluding carboxylic acids is 4. The van der Waals surface area contributed by atoms with Crippen LogP contribution in [-0.2, 0) is 65.4 Å². The first kappa shape index (κ1) is 101. The van der Waals surface area contributed by atoms with Gasteiger partial charge < -0.3 is 33.8 Å². The Morgan fingerprint density at radius 2 is 0.466 bits per heavy atom. The molecule has 0 spiro atoms. The van der Waals surface area contributed by atoms with Gasteiger partial charge in [-0.2, -0.15) is 0 Å². The molecule has 0 saturated carbocycles. The Kier molecular flexibility index (Phi) is 71.5. The second kappa shape index (κ2) is 72.9. The molecule has 17 nitrogen and oxygen atoms in total. The number of esters is 4. The summed E-state index contributed by atoms with van der Waals surface area (Å²) in [6, 6.07) is 0. The minimum atomic E-state index is -4.96. The molecule has 4 unspecified atom stereocenters. The van der Waals surface area contributed by atoms with Gasteiger partial charge in [0.15, 0.2) is 12.2 Å². The second-order valence-electron chi connectivity index (χ2n) is 31.9. The van der Waals surface area contributed by atoms with E-state index in [2.05, 4.69) is 55.4 Å². The molecular formula is C84H164O17P2. The van der Waals surface area contributed by atoms with E-state index in [9.17, 15) is 43.2 Å². The Balaban J connectivity index is 5.13. The van der Waals surface area contributed by atoms with Crippen LogP contribution in [0.5, 0.6) is 0 Å². The van der Waals surface area contributed by atoms with Crippen molar-refractivity contribution in [3.63, 3.8) is 0 Å². The molecule has 0 heterocycles. The minimum absolute atomic E-state index is 0.105. The lowest BCUT2D eigenvalue weighted by molar-refractivity contribution is -0.161. The Hall–Kier alpha value is -1.94. The molecular weight excluding hydrogens is 1340 g/mol. The maximum Gasteiger partial charge on any atom is 0.472 e. The molecule has 0 aromatic carbocycles. The van der Waals surface area contributed by atoms with Crippen LogP contribution in [0.2, 0.25) is 0 Å². The van der Waals surface area contributed by atoms with E-state index < -0.39 is 97.5 Å². The molecule has 6 atom stereocenters. The number of hydrogen-bond donors (Lipinski definition) is 3. The van der Waals surface area contributed by atoms with Gasteiger partial charge in [-0.25, -0.2) is 9.13 Å². The van der Waals surface area contributed by atoms with Crippen LogP contribution in [0.4, 0.5) is 0 Å². The first-order chi connectivity index (χ1) is 49.6. The molecule has 0 rings (SSSR count). The average molecular weight is 1510 g/mol. The first-order valence-corrected chi connectivity index (χ1v) is 46.2. The maximum atomic E-state index is 13.1. The molecule has 103 heavy (non-hydrogen) atoms. The molecule has 0 aliphatic carbocycles. The smallest absolute Gasteiger partial charge is 0.462 e. The third kappa shape index (κ3) is 76.6. The van der Waals surface area contributed by atoms with Gasteiger partial charge >= 0.3 is 39.5 Å². The molecule has 0 saturated heterocycles. The molecule has 0 fully saturated rings. The lowest BCUT2D eigenvalue weighted by Gasteiger charge is -2.21. The fourth-order valence-corrected chi connectivity index (χ4v) is 14.5. The van der Waals surface area contributed by atoms with Gasteiger partial charge in [0.1, 0.15) is 19.3 Å². The lowest BCUT2D eigenvalue weighted by Crippen LogP contribution is -2.30. The van der Waals surface area contributed by atoms with Crippen molar-refractivity contribution >= 4 is 39.5 Å². The van der Waals surface area contributed by atoms with Crippen LogP contribution in [0, 0.1) is 23.7 Å². The fraction of sp³-hybridized carbons (Fsp3) is 0.952. The number of phosphoric ester groups is 2. The zero-order valence-electron chi connectivity index (χ0n) is 68.0. The van der Waals surface area contributed by atoms with Crippen molar-refractivity contribution < 1.29 is 80.2 Å². The van der Waals surface area contributed by atoms with E-state index in [1.165, 1.54) is 231 Å². The van der Waals surface area contributed by atoms with Crippen molar-refractivity contribution in [3.05, 3.63) is 0 Å². The molecule has 0 aliphatic rings. The van der Waals surface area contributed by atoms with Crippen molar-refractivity contribution in [1.29, 1.82) is 0 Å². The topological polar surface area (TPSA) is 237 Å². The number of carbonyl (C=O) groups is 4. The summed E-state index contributed by atoms with van der Waals surface area (Å²) in [7, 11) is -9.92. The van der Waals surface area contributed by atoms with Gasteiger partial charge in [0.25, 0.3) is 0 Å². The number of aliphatic hydroxyl groups excluding tert-OH is 1. The van der Waals surface area contributed by atoms with Gasteiger partial charge in [0, 0.05) is 25.7 Å². The van der Waals surface area contributed by atoms with Gasteiger partial charge in [-0.15, -0.1) is 0 Å². The largest absolute Gasteiger partial charge is 0.472 e. The summed E-state index contributed by atoms with van der Waals surface area (Å²) in [6.45, 7) is 14.2. The second-order valence-corrected chi connectivity index (χ2v) is 34.8. The highest BCUT2D eigenvalue weighted by atomic mass is 31.2. The van der Waals surface area contributed by atoms with E-state index in [1.54, 1.807) is 0 Å². The van der Waals surface area contributed by atoms with E-state index >= 15 is 0 Å². The van der Waals surface area contributed by atoms with Gasteiger partial charge in [0.2, 0.25) is 0 Å². The SMILES string of the molecule is CCC(C)CCCCCCCCCCC(=O)O[C@H](COC(=O)CCCCCCCCCCCCCCCCCCCCC(C)C)COP(=O)(O)OCC(O)COP(=O)(O)OC[C@@H](COC(=O)CCCCCCCCC(C)C)OC(=O)CCCCCCCCCCCCCCCCCCCCC(C)C. The van der Waals surface area contributed by atoms with Crippen molar-refractivity contribution in [2.24, 2.45) is 23.7 Å². The van der Waals surface area contributed by atoms with Crippen molar-refractivity contribution in [1.82, 2.24) is 0 Å². The number of phosphoric acid groups is 2. The summed E-state index contributed by atoms with van der Waals surface area (Å²) in [6.07, 6.45) is 61.4. The van der Waals surface area contributed by atoms with Crippen molar-refractivity contribution in [2.45, 2.75) is 453 Å². The predicted molar refractivity (Wildman–Crippen MR) is 423 cm³/mol. The van der Waals surface area contributed by atoms with Crippen molar-refractivity contribution in [3.8, 4) is 0 Å². The number of rotatable bonds is 81. The van der Waals surface area contributed by atoms with E-state index in [0.29, 0.717) is 31.6 Å². The van der Waals surface area contributed by atoms with Gasteiger partial charge in [0.05, 0.1) is 26.4 Å². The number of hydrogen-bond acceptors (Lipinski definition) is 15. The van der Waals surface area contributed by atoms with Crippen molar-refractivity contribution in [2.75, 3.05) is 39.6 Å². The van der Waals surface area contributed by atoms with E-state index in [4.69, 9.17) is 37.0 Å². The summed E-state index contributed by atoms with van der Waals surface area (Å²) >= 11 is 0. The van der Waals surface area contributed by atoms with Crippen LogP contribution in [0.1, 0.15) is 434 Å². The summed E-state index contributed by atoms with van der Waals surface area (Å²) in [5.74, 6) is 0.977. The molecule has 19 heteroatoms. The van der Waals surface area contributed by atoms with E-state index in [-0.39, 0.29) is 25.7 Å². The Bertz CT molecular complexity index is 2010. The van der Waals surface area contributed by atoms with Gasteiger partial charge in [-0.3, -0.25) is 37.3 Å². The van der Waals surface area contributed by atoms with Crippen LogP contribution >= 0.6 is 15.6 Å². The van der Waals surface area contributed by atoms with E-state index in [1.807, 2.05) is 0 Å². The summed E-state index contributed by atoms with van der Waals surface area (Å²) in [5.41, 5.74) is 0. The van der Waals surface area contributed by atoms with Crippen LogP contribution in [0.3, 0.4) is 0 Å². The first-order valence-electron chi connectivity index (χ1n) is 43.2. The molecule has 0 aromatic heterocycles. The average Bonchev–Trinajstić information content (AvgIpc) is 0.950. The summed E-state index contributed by atoms with van der Waals surface area (Å²) < 4.78 is 68.7. The molecule has 0 aromatic rings. The van der Waals surface area contributed by atoms with Crippen LogP contribution in [0.25, 0.3) is 0 Å². The maximum absolute atomic E-state index is 13.1. The third-order valence-electron chi connectivity index (χ3n) is 19.9. The van der Waals surface area contributed by atoms with Gasteiger partial charge in [-0.1, -0.05) is 383 Å². The Morgan fingerprint density at radius 3 is 0.689 bits per heavy atom. The highest BCUT2D eigenvalue weighted by Crippen LogP contribution is 2.45. The molecule has 3 N–H and O–H groups in total. The highest BCUT2D eigenvalue weighted by molar-refractivity contribution is 7.47. The van der Waals surface area contributed by atoms with Crippen LogP contribution in [-0.4, -0.2) is 96.7 Å². The molecule has 612 valence electrons. The third-order valence-corrected chi connectivity index (χ3v) is 21.8. The van der Waals surface area contributed by atoms with Crippen LogP contribution < -0.4 is 0 Å². The summed E-state index contributed by atoms with van der Waals surface area (Å²) in [4.78, 5) is 73.0. The number of unbranched alkanes of at least 4 members (excludes halogenated alkanes) is 46. The highest BCUT2D eigenvalue weighted by Gasteiger charge is 2.30. The quantitative estimate of drug-likeness (QED) is 0.0222. The normalized spacial score (nSPS) is 14.2. The monoisotopic (exact) mass is 1510 g/mol. The molecule has 0 bridgehead atoms. The minimum Gasteiger partial charge on any atom is -0.462 e. The summed E-state index contributed by atoms with van der Waals surface area (Å²) in [5, 5.41) is 10.6. The predicted octanol–water partition coefficient (Wildman–Crippen LogP) is 25.2. The Morgan fingerprint density at radius 1 is 0.272 bits per heavy atom. The zero-order chi connectivity index (χ0) is 76.0.